The van der Waals surface area contributed by atoms with Gasteiger partial charge in [0, 0.05) is 19.8 Å². The zero-order chi connectivity index (χ0) is 14.0. The molecule has 2 rings (SSSR count). The number of carboxylic acids is 1. The summed E-state index contributed by atoms with van der Waals surface area (Å²) in [6.45, 7) is 2.68. The summed E-state index contributed by atoms with van der Waals surface area (Å²) in [6.07, 6.45) is 2.37. The number of carboxylic acid groups (broad SMARTS) is 1. The van der Waals surface area contributed by atoms with Crippen LogP contribution < -0.4 is 5.32 Å². The van der Waals surface area contributed by atoms with Crippen molar-refractivity contribution < 1.29 is 14.7 Å². The van der Waals surface area contributed by atoms with Crippen LogP contribution in [0.15, 0.2) is 12.3 Å². The summed E-state index contributed by atoms with van der Waals surface area (Å²) in [5.74, 6) is -0.958. The zero-order valence-electron chi connectivity index (χ0n) is 11.0. The molecule has 0 aromatic carbocycles. The number of carbonyl (C=O) groups excluding carboxylic acids is 1. The molecule has 2 heterocycles. The second kappa shape index (κ2) is 5.29. The van der Waals surface area contributed by atoms with Gasteiger partial charge in [0.25, 0.3) is 0 Å². The molecule has 1 saturated heterocycles. The van der Waals surface area contributed by atoms with Gasteiger partial charge in [0.15, 0.2) is 0 Å². The van der Waals surface area contributed by atoms with E-state index in [0.717, 1.165) is 12.1 Å². The van der Waals surface area contributed by atoms with E-state index in [1.54, 1.807) is 17.9 Å². The summed E-state index contributed by atoms with van der Waals surface area (Å²) >= 11 is 0. The number of nitrogens with one attached hydrogen (secondary N) is 1. The Kier molecular flexibility index (Phi) is 3.73. The number of carbonyl (C=O) groups is 2. The van der Waals surface area contributed by atoms with E-state index in [1.807, 2.05) is 13.0 Å². The highest BCUT2D eigenvalue weighted by Crippen LogP contribution is 2.24. The number of hydrogen-bond donors (Lipinski definition) is 2. The van der Waals surface area contributed by atoms with Crippen LogP contribution in [0.5, 0.6) is 0 Å². The van der Waals surface area contributed by atoms with E-state index in [4.69, 9.17) is 5.11 Å². The third kappa shape index (κ3) is 2.69. The number of urea groups is 1. The number of nitrogens with zero attached hydrogens (tertiary/aromatic N) is 3. The molecule has 0 spiro atoms. The normalized spacial score (nSPS) is 22.5. The van der Waals surface area contributed by atoms with Gasteiger partial charge in [0.2, 0.25) is 0 Å². The minimum Gasteiger partial charge on any atom is -0.480 e. The third-order valence-corrected chi connectivity index (χ3v) is 3.56. The SMILES string of the molecule is CC1CCN(C(=O)NCc2ccnn2C)C1C(=O)O. The molecule has 2 atom stereocenters. The van der Waals surface area contributed by atoms with Gasteiger partial charge < -0.3 is 15.3 Å². The van der Waals surface area contributed by atoms with E-state index in [9.17, 15) is 9.59 Å². The van der Waals surface area contributed by atoms with Crippen molar-refractivity contribution in [3.63, 3.8) is 0 Å². The van der Waals surface area contributed by atoms with E-state index < -0.39 is 12.0 Å². The molecule has 2 amide bonds. The van der Waals surface area contributed by atoms with Crippen molar-refractivity contribution in [1.29, 1.82) is 0 Å². The molecule has 0 aliphatic carbocycles. The molecule has 1 aliphatic heterocycles. The maximum Gasteiger partial charge on any atom is 0.326 e. The molecule has 1 aliphatic rings. The Morgan fingerprint density at radius 1 is 1.58 bits per heavy atom. The van der Waals surface area contributed by atoms with E-state index in [0.29, 0.717) is 13.1 Å². The fraction of sp³-hybridized carbons (Fsp3) is 0.583. The molecule has 0 radical (unpaired) electrons. The molecule has 19 heavy (non-hydrogen) atoms. The maximum absolute atomic E-state index is 12.0. The van der Waals surface area contributed by atoms with Gasteiger partial charge in [-0.25, -0.2) is 9.59 Å². The summed E-state index contributed by atoms with van der Waals surface area (Å²) < 4.78 is 1.67. The van der Waals surface area contributed by atoms with Crippen LogP contribution in [0.1, 0.15) is 19.0 Å². The maximum atomic E-state index is 12.0. The van der Waals surface area contributed by atoms with Crippen LogP contribution in [0.2, 0.25) is 0 Å². The van der Waals surface area contributed by atoms with Gasteiger partial charge in [-0.2, -0.15) is 5.10 Å². The molecular weight excluding hydrogens is 248 g/mol. The highest BCUT2D eigenvalue weighted by molar-refractivity contribution is 5.83. The van der Waals surface area contributed by atoms with Crippen LogP contribution in [0.3, 0.4) is 0 Å². The Hall–Kier alpha value is -2.05. The first-order chi connectivity index (χ1) is 9.00. The average molecular weight is 266 g/mol. The second-order valence-corrected chi connectivity index (χ2v) is 4.85. The molecule has 1 fully saturated rings. The monoisotopic (exact) mass is 266 g/mol. The minimum absolute atomic E-state index is 0.0139. The molecule has 104 valence electrons. The summed E-state index contributed by atoms with van der Waals surface area (Å²) in [7, 11) is 1.79. The number of aliphatic carboxylic acids is 1. The van der Waals surface area contributed by atoms with Gasteiger partial charge in [-0.15, -0.1) is 0 Å². The number of amides is 2. The number of hydrogen-bond acceptors (Lipinski definition) is 3. The molecule has 7 nitrogen and oxygen atoms in total. The molecular formula is C12H18N4O3. The molecule has 2 unspecified atom stereocenters. The van der Waals surface area contributed by atoms with Crippen molar-refractivity contribution in [1.82, 2.24) is 20.0 Å². The highest BCUT2D eigenvalue weighted by Gasteiger charge is 2.39. The first-order valence-electron chi connectivity index (χ1n) is 6.25. The lowest BCUT2D eigenvalue weighted by molar-refractivity contribution is -0.142. The predicted molar refractivity (Wildman–Crippen MR) is 67.4 cm³/mol. The van der Waals surface area contributed by atoms with Crippen LogP contribution in [-0.2, 0) is 18.4 Å². The lowest BCUT2D eigenvalue weighted by Crippen LogP contribution is -2.47. The zero-order valence-corrected chi connectivity index (χ0v) is 11.0. The van der Waals surface area contributed by atoms with Crippen molar-refractivity contribution >= 4 is 12.0 Å². The van der Waals surface area contributed by atoms with Gasteiger partial charge in [-0.05, 0) is 18.4 Å². The van der Waals surface area contributed by atoms with Crippen molar-refractivity contribution in [2.24, 2.45) is 13.0 Å². The number of aryl methyl sites for hydroxylation is 1. The second-order valence-electron chi connectivity index (χ2n) is 4.85. The summed E-state index contributed by atoms with van der Waals surface area (Å²) in [6, 6.07) is 0.742. The average Bonchev–Trinajstić information content (AvgIpc) is 2.92. The van der Waals surface area contributed by atoms with E-state index in [2.05, 4.69) is 10.4 Å². The summed E-state index contributed by atoms with van der Waals surface area (Å²) in [5.41, 5.74) is 0.868. The quantitative estimate of drug-likeness (QED) is 0.830. The Balaban J connectivity index is 1.96. The fourth-order valence-electron chi connectivity index (χ4n) is 2.39. The topological polar surface area (TPSA) is 87.5 Å². The van der Waals surface area contributed by atoms with Gasteiger partial charge in [0.05, 0.1) is 12.2 Å². The Labute approximate surface area is 111 Å². The van der Waals surface area contributed by atoms with Crippen molar-refractivity contribution in [3.05, 3.63) is 18.0 Å². The van der Waals surface area contributed by atoms with Crippen LogP contribution >= 0.6 is 0 Å². The molecule has 2 N–H and O–H groups in total. The van der Waals surface area contributed by atoms with Crippen LogP contribution in [-0.4, -0.2) is 44.4 Å². The van der Waals surface area contributed by atoms with Gasteiger partial charge >= 0.3 is 12.0 Å². The summed E-state index contributed by atoms with van der Waals surface area (Å²) in [5, 5.41) is 15.9. The van der Waals surface area contributed by atoms with Crippen LogP contribution in [0.4, 0.5) is 4.79 Å². The lowest BCUT2D eigenvalue weighted by atomic mass is 10.0. The first-order valence-corrected chi connectivity index (χ1v) is 6.25. The Morgan fingerprint density at radius 2 is 2.32 bits per heavy atom. The molecule has 0 bridgehead atoms. The van der Waals surface area contributed by atoms with E-state index in [-0.39, 0.29) is 11.9 Å². The van der Waals surface area contributed by atoms with Crippen molar-refractivity contribution in [2.45, 2.75) is 25.9 Å². The van der Waals surface area contributed by atoms with Crippen LogP contribution in [0.25, 0.3) is 0 Å². The number of rotatable bonds is 3. The van der Waals surface area contributed by atoms with E-state index in [1.165, 1.54) is 4.90 Å². The lowest BCUT2D eigenvalue weighted by Gasteiger charge is -2.23. The molecule has 7 heteroatoms. The number of likely N-dealkylation sites (tertiary alicyclic amines) is 1. The third-order valence-electron chi connectivity index (χ3n) is 3.56. The molecule has 0 saturated carbocycles. The van der Waals surface area contributed by atoms with Crippen molar-refractivity contribution in [3.8, 4) is 0 Å². The fourth-order valence-corrected chi connectivity index (χ4v) is 2.39. The smallest absolute Gasteiger partial charge is 0.326 e. The molecule has 1 aromatic heterocycles. The first kappa shape index (κ1) is 13.4. The Morgan fingerprint density at radius 3 is 2.89 bits per heavy atom. The van der Waals surface area contributed by atoms with Gasteiger partial charge in [-0.3, -0.25) is 4.68 Å². The van der Waals surface area contributed by atoms with Crippen molar-refractivity contribution in [2.75, 3.05) is 6.54 Å². The number of aromatic nitrogens is 2. The van der Waals surface area contributed by atoms with Gasteiger partial charge in [-0.1, -0.05) is 6.92 Å². The standard InChI is InChI=1S/C12H18N4O3/c1-8-4-6-16(10(8)11(17)18)12(19)13-7-9-3-5-14-15(9)2/h3,5,8,10H,4,6-7H2,1-2H3,(H,13,19)(H,17,18). The Bertz CT molecular complexity index is 485. The predicted octanol–water partition coefficient (Wildman–Crippen LogP) is 0.425. The summed E-state index contributed by atoms with van der Waals surface area (Å²) in [4.78, 5) is 24.6. The molecule has 1 aromatic rings. The largest absolute Gasteiger partial charge is 0.480 e. The van der Waals surface area contributed by atoms with E-state index >= 15 is 0 Å². The van der Waals surface area contributed by atoms with Crippen LogP contribution in [0, 0.1) is 5.92 Å². The minimum atomic E-state index is -0.944. The van der Waals surface area contributed by atoms with Gasteiger partial charge in [0.1, 0.15) is 6.04 Å². The highest BCUT2D eigenvalue weighted by atomic mass is 16.4.